The van der Waals surface area contributed by atoms with Gasteiger partial charge in [-0.3, -0.25) is 9.20 Å². The molecule has 3 rings (SSSR count). The zero-order valence-corrected chi connectivity index (χ0v) is 12.5. The van der Waals surface area contributed by atoms with Gasteiger partial charge in [-0.05, 0) is 50.3 Å². The van der Waals surface area contributed by atoms with Crippen LogP contribution in [0, 0.1) is 13.8 Å². The predicted octanol–water partition coefficient (Wildman–Crippen LogP) is 3.61. The number of allylic oxidation sites excluding steroid dienone is 1. The second kappa shape index (κ2) is 5.18. The van der Waals surface area contributed by atoms with Crippen LogP contribution in [0.2, 0.25) is 0 Å². The number of fused-ring (bicyclic) bond motifs is 1. The van der Waals surface area contributed by atoms with E-state index in [-0.39, 0.29) is 11.5 Å². The molecule has 0 amide bonds. The molecular formula is C16H14N2O2S. The molecular weight excluding hydrogens is 284 g/mol. The van der Waals surface area contributed by atoms with Crippen LogP contribution in [0.15, 0.2) is 36.5 Å². The Balaban J connectivity index is 1.92. The number of thiazole rings is 1. The number of rotatable bonds is 3. The third-order valence-electron chi connectivity index (χ3n) is 3.21. The van der Waals surface area contributed by atoms with Crippen LogP contribution in [0.4, 0.5) is 0 Å². The van der Waals surface area contributed by atoms with E-state index in [0.717, 1.165) is 16.3 Å². The Kier molecular flexibility index (Phi) is 3.35. The first kappa shape index (κ1) is 13.6. The molecule has 0 saturated carbocycles. The van der Waals surface area contributed by atoms with Gasteiger partial charge in [0.15, 0.2) is 10.7 Å². The Hall–Kier alpha value is -2.40. The number of hydrogen-bond acceptors (Lipinski definition) is 4. The van der Waals surface area contributed by atoms with E-state index >= 15 is 0 Å². The summed E-state index contributed by atoms with van der Waals surface area (Å²) in [5.74, 6) is 0.0499. The van der Waals surface area contributed by atoms with E-state index in [1.54, 1.807) is 29.5 Å². The number of phenolic OH excluding ortho intramolecular Hbond substituents is 1. The summed E-state index contributed by atoms with van der Waals surface area (Å²) in [7, 11) is 0. The highest BCUT2D eigenvalue weighted by atomic mass is 32.1. The average Bonchev–Trinajstić information content (AvgIpc) is 2.92. The van der Waals surface area contributed by atoms with Crippen LogP contribution in [0.3, 0.4) is 0 Å². The lowest BCUT2D eigenvalue weighted by atomic mass is 10.1. The summed E-state index contributed by atoms with van der Waals surface area (Å²) in [6, 6.07) is 6.22. The van der Waals surface area contributed by atoms with Gasteiger partial charge in [0, 0.05) is 16.6 Å². The fraction of sp³-hybridized carbons (Fsp3) is 0.125. The number of carbonyl (C=O) groups excluding carboxylic acids is 1. The molecule has 0 radical (unpaired) electrons. The van der Waals surface area contributed by atoms with Crippen molar-refractivity contribution in [2.45, 2.75) is 13.8 Å². The number of benzene rings is 1. The monoisotopic (exact) mass is 298 g/mol. The molecule has 0 unspecified atom stereocenters. The molecule has 21 heavy (non-hydrogen) atoms. The fourth-order valence-corrected chi connectivity index (χ4v) is 3.04. The van der Waals surface area contributed by atoms with Crippen molar-refractivity contribution < 1.29 is 9.90 Å². The van der Waals surface area contributed by atoms with Crippen LogP contribution in [0.5, 0.6) is 5.75 Å². The maximum Gasteiger partial charge on any atom is 0.194 e. The number of hydrogen-bond donors (Lipinski definition) is 1. The summed E-state index contributed by atoms with van der Waals surface area (Å²) in [6.07, 6.45) is 5.34. The third-order valence-corrected chi connectivity index (χ3v) is 4.11. The van der Waals surface area contributed by atoms with Gasteiger partial charge in [-0.15, -0.1) is 11.3 Å². The van der Waals surface area contributed by atoms with Gasteiger partial charge < -0.3 is 5.11 Å². The summed E-state index contributed by atoms with van der Waals surface area (Å²) in [5, 5.41) is 9.24. The Morgan fingerprint density at radius 2 is 2.00 bits per heavy atom. The molecule has 3 aromatic rings. The Morgan fingerprint density at radius 1 is 1.29 bits per heavy atom. The number of ketones is 1. The van der Waals surface area contributed by atoms with Gasteiger partial charge in [-0.25, -0.2) is 4.98 Å². The van der Waals surface area contributed by atoms with Crippen molar-refractivity contribution in [3.8, 4) is 5.75 Å². The minimum Gasteiger partial charge on any atom is -0.508 e. The van der Waals surface area contributed by atoms with Gasteiger partial charge in [-0.2, -0.15) is 0 Å². The maximum absolute atomic E-state index is 12.1. The molecule has 4 nitrogen and oxygen atoms in total. The second-order valence-corrected chi connectivity index (χ2v) is 6.03. The molecule has 5 heteroatoms. The van der Waals surface area contributed by atoms with Crippen molar-refractivity contribution in [3.05, 3.63) is 58.4 Å². The minimum absolute atomic E-state index is 0.101. The SMILES string of the molecule is Cc1cn2c(C=CC(=O)c3ccc(O)cc3)c(C)nc2s1. The first-order valence-corrected chi connectivity index (χ1v) is 7.33. The topological polar surface area (TPSA) is 54.6 Å². The standard InChI is InChI=1S/C16H14N2O2S/c1-10-9-18-14(11(2)17-16(18)21-10)7-8-15(20)12-3-5-13(19)6-4-12/h3-9,19H,1-2H3. The predicted molar refractivity (Wildman–Crippen MR) is 84.0 cm³/mol. The van der Waals surface area contributed by atoms with Gasteiger partial charge in [0.2, 0.25) is 0 Å². The number of phenols is 1. The van der Waals surface area contributed by atoms with Crippen LogP contribution in [-0.2, 0) is 0 Å². The quantitative estimate of drug-likeness (QED) is 0.593. The molecule has 0 atom stereocenters. The highest BCUT2D eigenvalue weighted by molar-refractivity contribution is 7.17. The van der Waals surface area contributed by atoms with Crippen molar-refractivity contribution in [2.24, 2.45) is 0 Å². The van der Waals surface area contributed by atoms with Crippen LogP contribution in [0.25, 0.3) is 11.0 Å². The van der Waals surface area contributed by atoms with Gasteiger partial charge in [0.05, 0.1) is 11.4 Å². The number of aromatic nitrogens is 2. The van der Waals surface area contributed by atoms with E-state index in [9.17, 15) is 9.90 Å². The van der Waals surface area contributed by atoms with Crippen LogP contribution in [-0.4, -0.2) is 20.3 Å². The van der Waals surface area contributed by atoms with Crippen molar-refractivity contribution in [1.82, 2.24) is 9.38 Å². The van der Waals surface area contributed by atoms with E-state index in [1.807, 2.05) is 24.4 Å². The highest BCUT2D eigenvalue weighted by Crippen LogP contribution is 2.21. The normalized spacial score (nSPS) is 11.5. The van der Waals surface area contributed by atoms with E-state index in [0.29, 0.717) is 5.56 Å². The molecule has 0 aliphatic heterocycles. The average molecular weight is 298 g/mol. The molecule has 1 N–H and O–H groups in total. The third kappa shape index (κ3) is 2.60. The van der Waals surface area contributed by atoms with Gasteiger partial charge >= 0.3 is 0 Å². The smallest absolute Gasteiger partial charge is 0.194 e. The zero-order valence-electron chi connectivity index (χ0n) is 11.7. The molecule has 106 valence electrons. The van der Waals surface area contributed by atoms with Crippen LogP contribution in [0.1, 0.15) is 26.6 Å². The Morgan fingerprint density at radius 3 is 2.71 bits per heavy atom. The molecule has 0 fully saturated rings. The summed E-state index contributed by atoms with van der Waals surface area (Å²) in [5.41, 5.74) is 2.36. The molecule has 2 aromatic heterocycles. The maximum atomic E-state index is 12.1. The number of imidazole rings is 1. The Labute approximate surface area is 126 Å². The fourth-order valence-electron chi connectivity index (χ4n) is 2.16. The largest absolute Gasteiger partial charge is 0.508 e. The summed E-state index contributed by atoms with van der Waals surface area (Å²) in [4.78, 5) is 18.7. The molecule has 0 spiro atoms. The van der Waals surface area contributed by atoms with Gasteiger partial charge in [0.1, 0.15) is 5.75 Å². The second-order valence-electron chi connectivity index (χ2n) is 4.82. The molecule has 0 saturated heterocycles. The van der Waals surface area contributed by atoms with Crippen molar-refractivity contribution in [3.63, 3.8) is 0 Å². The molecule has 2 heterocycles. The zero-order chi connectivity index (χ0) is 15.0. The van der Waals surface area contributed by atoms with Gasteiger partial charge in [-0.1, -0.05) is 0 Å². The number of aryl methyl sites for hydroxylation is 2. The van der Waals surface area contributed by atoms with E-state index in [1.165, 1.54) is 23.1 Å². The minimum atomic E-state index is -0.101. The first-order chi connectivity index (χ1) is 10.0. The highest BCUT2D eigenvalue weighted by Gasteiger charge is 2.09. The summed E-state index contributed by atoms with van der Waals surface area (Å²) < 4.78 is 2.00. The van der Waals surface area contributed by atoms with E-state index in [2.05, 4.69) is 4.98 Å². The van der Waals surface area contributed by atoms with Crippen LogP contribution < -0.4 is 0 Å². The molecule has 1 aromatic carbocycles. The van der Waals surface area contributed by atoms with E-state index < -0.39 is 0 Å². The lowest BCUT2D eigenvalue weighted by Crippen LogP contribution is -1.94. The molecule has 0 bridgehead atoms. The van der Waals surface area contributed by atoms with Crippen molar-refractivity contribution in [2.75, 3.05) is 0 Å². The number of aromatic hydroxyl groups is 1. The van der Waals surface area contributed by atoms with E-state index in [4.69, 9.17) is 0 Å². The number of nitrogens with zero attached hydrogens (tertiary/aromatic N) is 2. The van der Waals surface area contributed by atoms with Crippen molar-refractivity contribution >= 4 is 28.2 Å². The number of carbonyl (C=O) groups is 1. The van der Waals surface area contributed by atoms with Crippen LogP contribution >= 0.6 is 11.3 Å². The van der Waals surface area contributed by atoms with Gasteiger partial charge in [0.25, 0.3) is 0 Å². The molecule has 0 aliphatic rings. The first-order valence-electron chi connectivity index (χ1n) is 6.51. The lowest BCUT2D eigenvalue weighted by molar-refractivity contribution is 0.104. The summed E-state index contributed by atoms with van der Waals surface area (Å²) in [6.45, 7) is 3.96. The van der Waals surface area contributed by atoms with Crippen molar-refractivity contribution in [1.29, 1.82) is 0 Å². The molecule has 0 aliphatic carbocycles. The lowest BCUT2D eigenvalue weighted by Gasteiger charge is -1.97. The Bertz CT molecular complexity index is 841. The summed E-state index contributed by atoms with van der Waals surface area (Å²) >= 11 is 1.62.